The number of carbonyl (C=O) groups excluding carboxylic acids is 1. The van der Waals surface area contributed by atoms with Crippen LogP contribution in [0.4, 0.5) is 0 Å². The normalized spacial score (nSPS) is 13.2. The standard InChI is InChI=1S/C4H9O6P/c1-3(5)2-4(6,7)11(8,9)10/h6-7H,2H2,1H3,(H2,8,9,10). The Hall–Kier alpha value is -0.260. The van der Waals surface area contributed by atoms with Gasteiger partial charge in [0.05, 0.1) is 6.42 Å². The Labute approximate surface area is 62.6 Å². The van der Waals surface area contributed by atoms with Crippen molar-refractivity contribution in [2.24, 2.45) is 0 Å². The molecule has 6 nitrogen and oxygen atoms in total. The van der Waals surface area contributed by atoms with E-state index in [2.05, 4.69) is 0 Å². The van der Waals surface area contributed by atoms with Crippen molar-refractivity contribution in [1.29, 1.82) is 0 Å². The van der Waals surface area contributed by atoms with Crippen LogP contribution in [0.3, 0.4) is 0 Å². The van der Waals surface area contributed by atoms with E-state index in [9.17, 15) is 9.36 Å². The molecule has 0 amide bonds. The molecule has 4 N–H and O–H groups in total. The lowest BCUT2D eigenvalue weighted by atomic mass is 10.3. The Kier molecular flexibility index (Phi) is 2.93. The fraction of sp³-hybridized carbons (Fsp3) is 0.750. The minimum Gasteiger partial charge on any atom is -0.356 e. The number of aliphatic hydroxyl groups is 2. The topological polar surface area (TPSA) is 115 Å². The summed E-state index contributed by atoms with van der Waals surface area (Å²) >= 11 is 0. The molecule has 0 saturated carbocycles. The van der Waals surface area contributed by atoms with Gasteiger partial charge in [0.1, 0.15) is 5.78 Å². The molecular formula is C4H9O6P. The molecule has 0 aliphatic heterocycles. The van der Waals surface area contributed by atoms with Crippen LogP contribution in [-0.4, -0.2) is 31.3 Å². The van der Waals surface area contributed by atoms with Gasteiger partial charge in [-0.05, 0) is 6.92 Å². The highest BCUT2D eigenvalue weighted by atomic mass is 31.2. The summed E-state index contributed by atoms with van der Waals surface area (Å²) in [7, 11) is -5.03. The highest BCUT2D eigenvalue weighted by molar-refractivity contribution is 7.53. The van der Waals surface area contributed by atoms with E-state index in [0.717, 1.165) is 6.92 Å². The summed E-state index contributed by atoms with van der Waals surface area (Å²) in [6.07, 6.45) is -0.975. The molecule has 0 aromatic rings. The molecule has 0 radical (unpaired) electrons. The van der Waals surface area contributed by atoms with E-state index >= 15 is 0 Å². The Balaban J connectivity index is 4.48. The molecule has 0 atom stereocenters. The summed E-state index contributed by atoms with van der Waals surface area (Å²) in [4.78, 5) is 26.7. The van der Waals surface area contributed by atoms with Gasteiger partial charge in [-0.25, -0.2) is 0 Å². The molecule has 0 spiro atoms. The van der Waals surface area contributed by atoms with E-state index < -0.39 is 25.3 Å². The van der Waals surface area contributed by atoms with Crippen molar-refractivity contribution in [3.05, 3.63) is 0 Å². The van der Waals surface area contributed by atoms with Gasteiger partial charge in [-0.1, -0.05) is 0 Å². The smallest absolute Gasteiger partial charge is 0.356 e. The van der Waals surface area contributed by atoms with E-state index in [1.807, 2.05) is 0 Å². The molecule has 0 aromatic carbocycles. The number of carbonyl (C=O) groups is 1. The maximum Gasteiger partial charge on any atom is 0.384 e. The zero-order valence-corrected chi connectivity index (χ0v) is 6.65. The average molecular weight is 184 g/mol. The third kappa shape index (κ3) is 3.09. The number of hydrogen-bond acceptors (Lipinski definition) is 4. The minimum absolute atomic E-state index is 0.710. The fourth-order valence-electron chi connectivity index (χ4n) is 0.437. The number of ketones is 1. The van der Waals surface area contributed by atoms with Gasteiger partial charge < -0.3 is 20.0 Å². The van der Waals surface area contributed by atoms with Crippen LogP contribution in [-0.2, 0) is 9.36 Å². The molecule has 66 valence electrons. The van der Waals surface area contributed by atoms with Crippen molar-refractivity contribution in [2.45, 2.75) is 18.9 Å². The monoisotopic (exact) mass is 184 g/mol. The van der Waals surface area contributed by atoms with E-state index in [-0.39, 0.29) is 0 Å². The van der Waals surface area contributed by atoms with Crippen LogP contribution in [0.2, 0.25) is 0 Å². The molecule has 0 rings (SSSR count). The van der Waals surface area contributed by atoms with Gasteiger partial charge >= 0.3 is 7.60 Å². The molecule has 0 fully saturated rings. The quantitative estimate of drug-likeness (QED) is 0.323. The average Bonchev–Trinajstić information content (AvgIpc) is 1.56. The van der Waals surface area contributed by atoms with Crippen molar-refractivity contribution in [3.8, 4) is 0 Å². The molecule has 0 unspecified atom stereocenters. The first-order chi connectivity index (χ1) is 4.67. The zero-order chi connectivity index (χ0) is 9.28. The van der Waals surface area contributed by atoms with Crippen molar-refractivity contribution in [1.82, 2.24) is 0 Å². The molecule has 11 heavy (non-hydrogen) atoms. The summed E-state index contributed by atoms with van der Waals surface area (Å²) < 4.78 is 10.2. The van der Waals surface area contributed by atoms with Gasteiger partial charge in [0, 0.05) is 0 Å². The molecule has 0 saturated heterocycles. The van der Waals surface area contributed by atoms with Crippen LogP contribution < -0.4 is 0 Å². The van der Waals surface area contributed by atoms with Gasteiger partial charge in [0.15, 0.2) is 0 Å². The first kappa shape index (κ1) is 10.7. The molecule has 0 bridgehead atoms. The predicted molar refractivity (Wildman–Crippen MR) is 34.5 cm³/mol. The zero-order valence-electron chi connectivity index (χ0n) is 5.76. The second kappa shape index (κ2) is 3.00. The summed E-state index contributed by atoms with van der Waals surface area (Å²) in [6, 6.07) is 0. The molecular weight excluding hydrogens is 175 g/mol. The Morgan fingerprint density at radius 2 is 1.82 bits per heavy atom. The molecule has 0 heterocycles. The highest BCUT2D eigenvalue weighted by Gasteiger charge is 2.44. The van der Waals surface area contributed by atoms with Crippen LogP contribution in [0.5, 0.6) is 0 Å². The Morgan fingerprint density at radius 3 is 1.91 bits per heavy atom. The summed E-state index contributed by atoms with van der Waals surface area (Å²) in [5.41, 5.74) is -3.22. The number of hydrogen-bond donors (Lipinski definition) is 4. The Bertz CT molecular complexity index is 203. The van der Waals surface area contributed by atoms with Gasteiger partial charge in [0.2, 0.25) is 0 Å². The molecule has 7 heteroatoms. The van der Waals surface area contributed by atoms with E-state index in [1.54, 1.807) is 0 Å². The summed E-state index contributed by atoms with van der Waals surface area (Å²) in [5.74, 6) is -0.710. The molecule has 0 aliphatic carbocycles. The lowest BCUT2D eigenvalue weighted by molar-refractivity contribution is -0.137. The van der Waals surface area contributed by atoms with Gasteiger partial charge in [-0.15, -0.1) is 0 Å². The van der Waals surface area contributed by atoms with E-state index in [1.165, 1.54) is 0 Å². The first-order valence-corrected chi connectivity index (χ1v) is 4.28. The van der Waals surface area contributed by atoms with E-state index in [0.29, 0.717) is 0 Å². The van der Waals surface area contributed by atoms with Crippen LogP contribution in [0.1, 0.15) is 13.3 Å². The minimum atomic E-state index is -5.03. The van der Waals surface area contributed by atoms with Crippen molar-refractivity contribution >= 4 is 13.4 Å². The van der Waals surface area contributed by atoms with Gasteiger partial charge in [0.25, 0.3) is 5.53 Å². The van der Waals surface area contributed by atoms with Gasteiger partial charge in [-0.2, -0.15) is 0 Å². The third-order valence-corrected chi connectivity index (χ3v) is 2.04. The lowest BCUT2D eigenvalue weighted by Gasteiger charge is -2.20. The lowest BCUT2D eigenvalue weighted by Crippen LogP contribution is -2.30. The van der Waals surface area contributed by atoms with E-state index in [4.69, 9.17) is 20.0 Å². The largest absolute Gasteiger partial charge is 0.384 e. The summed E-state index contributed by atoms with van der Waals surface area (Å²) in [5, 5.41) is 17.2. The first-order valence-electron chi connectivity index (χ1n) is 2.66. The van der Waals surface area contributed by atoms with Crippen LogP contribution in [0.25, 0.3) is 0 Å². The van der Waals surface area contributed by atoms with Crippen LogP contribution in [0.15, 0.2) is 0 Å². The maximum absolute atomic E-state index is 10.2. The van der Waals surface area contributed by atoms with Crippen LogP contribution >= 0.6 is 7.60 Å². The van der Waals surface area contributed by atoms with Gasteiger partial charge in [-0.3, -0.25) is 9.36 Å². The Morgan fingerprint density at radius 1 is 1.45 bits per heavy atom. The second-order valence-electron chi connectivity index (χ2n) is 2.20. The van der Waals surface area contributed by atoms with Crippen molar-refractivity contribution in [2.75, 3.05) is 0 Å². The number of Topliss-reactive ketones (excluding diaryl/α,β-unsaturated/α-hetero) is 1. The molecule has 0 aromatic heterocycles. The highest BCUT2D eigenvalue weighted by Crippen LogP contribution is 2.48. The SMILES string of the molecule is CC(=O)CC(O)(O)P(=O)(O)O. The van der Waals surface area contributed by atoms with Crippen molar-refractivity contribution < 1.29 is 29.4 Å². The van der Waals surface area contributed by atoms with Crippen LogP contribution in [0, 0.1) is 0 Å². The third-order valence-electron chi connectivity index (χ3n) is 0.953. The fourth-order valence-corrected chi connectivity index (χ4v) is 0.866. The van der Waals surface area contributed by atoms with Crippen molar-refractivity contribution in [3.63, 3.8) is 0 Å². The molecule has 0 aliphatic rings. The number of rotatable bonds is 3. The predicted octanol–water partition coefficient (Wildman–Crippen LogP) is -1.22. The maximum atomic E-state index is 10.2. The summed E-state index contributed by atoms with van der Waals surface area (Å²) in [6.45, 7) is 0.997. The second-order valence-corrected chi connectivity index (χ2v) is 4.00.